The Labute approximate surface area is 68.9 Å². The van der Waals surface area contributed by atoms with Crippen LogP contribution in [0.5, 0.6) is 0 Å². The Kier molecular flexibility index (Phi) is 4.20. The molecule has 0 spiro atoms. The summed E-state index contributed by atoms with van der Waals surface area (Å²) in [6.45, 7) is 13.3. The van der Waals surface area contributed by atoms with Gasteiger partial charge in [-0.3, -0.25) is 4.99 Å². The fraction of sp³-hybridized carbons (Fsp3) is 0.300. The summed E-state index contributed by atoms with van der Waals surface area (Å²) < 4.78 is 0. The van der Waals surface area contributed by atoms with Crippen LogP contribution in [0.15, 0.2) is 41.1 Å². The van der Waals surface area contributed by atoms with E-state index in [1.54, 1.807) is 6.21 Å². The number of hydrogen-bond acceptors (Lipinski definition) is 1. The summed E-state index contributed by atoms with van der Waals surface area (Å²) in [6, 6.07) is 0. The molecule has 0 rings (SSSR count). The zero-order valence-electron chi connectivity index (χ0n) is 7.52. The van der Waals surface area contributed by atoms with E-state index in [-0.39, 0.29) is 0 Å². The van der Waals surface area contributed by atoms with Crippen molar-refractivity contribution in [3.63, 3.8) is 0 Å². The van der Waals surface area contributed by atoms with Crippen molar-refractivity contribution in [2.75, 3.05) is 0 Å². The van der Waals surface area contributed by atoms with Gasteiger partial charge in [-0.2, -0.15) is 0 Å². The molecule has 0 unspecified atom stereocenters. The lowest BCUT2D eigenvalue weighted by molar-refractivity contribution is 1.32. The molecule has 0 aliphatic carbocycles. The van der Waals surface area contributed by atoms with Crippen molar-refractivity contribution >= 4 is 6.21 Å². The smallest absolute Gasteiger partial charge is 0.0581 e. The summed E-state index contributed by atoms with van der Waals surface area (Å²) in [5.41, 5.74) is 2.78. The van der Waals surface area contributed by atoms with Crippen LogP contribution in [0.1, 0.15) is 20.8 Å². The molecule has 0 saturated heterocycles. The van der Waals surface area contributed by atoms with Gasteiger partial charge in [-0.1, -0.05) is 19.2 Å². The molecule has 0 radical (unpaired) electrons. The molecule has 60 valence electrons. The number of aliphatic imine (C=N–C) groups is 1. The number of hydrogen-bond donors (Lipinski definition) is 0. The van der Waals surface area contributed by atoms with Crippen LogP contribution in [-0.2, 0) is 0 Å². The highest BCUT2D eigenvalue weighted by Crippen LogP contribution is 2.04. The Bertz CT molecular complexity index is 219. The molecule has 0 heterocycles. The predicted octanol–water partition coefficient (Wildman–Crippen LogP) is 3.11. The molecule has 1 nitrogen and oxygen atoms in total. The molecule has 11 heavy (non-hydrogen) atoms. The van der Waals surface area contributed by atoms with Gasteiger partial charge in [0.1, 0.15) is 0 Å². The normalized spacial score (nSPS) is 12.1. The molecule has 0 aromatic heterocycles. The highest BCUT2D eigenvalue weighted by atomic mass is 14.7. The first-order valence-corrected chi connectivity index (χ1v) is 3.59. The SMILES string of the molecule is C=C(C)C(=C)N=C/C(C)=C\C. The van der Waals surface area contributed by atoms with E-state index in [4.69, 9.17) is 0 Å². The first-order valence-electron chi connectivity index (χ1n) is 3.59. The Morgan fingerprint density at radius 1 is 1.27 bits per heavy atom. The average molecular weight is 149 g/mol. The highest BCUT2D eigenvalue weighted by molar-refractivity contribution is 5.78. The Morgan fingerprint density at radius 2 is 1.82 bits per heavy atom. The lowest BCUT2D eigenvalue weighted by Gasteiger charge is -1.95. The van der Waals surface area contributed by atoms with E-state index >= 15 is 0 Å². The molecule has 0 fully saturated rings. The standard InChI is InChI=1S/C10H15N/c1-6-9(4)7-11-10(5)8(2)3/h6-7H,2,5H2,1,3-4H3/b9-6-,11-7?. The van der Waals surface area contributed by atoms with E-state index in [0.29, 0.717) is 0 Å². The maximum absolute atomic E-state index is 4.11. The molecule has 0 bridgehead atoms. The number of rotatable bonds is 3. The minimum atomic E-state index is 0.742. The molecular formula is C10H15N. The maximum Gasteiger partial charge on any atom is 0.0581 e. The lowest BCUT2D eigenvalue weighted by atomic mass is 10.3. The van der Waals surface area contributed by atoms with Crippen LogP contribution >= 0.6 is 0 Å². The average Bonchev–Trinajstić information content (AvgIpc) is 1.99. The van der Waals surface area contributed by atoms with Crippen LogP contribution in [0, 0.1) is 0 Å². The van der Waals surface area contributed by atoms with Crippen molar-refractivity contribution in [3.8, 4) is 0 Å². The lowest BCUT2D eigenvalue weighted by Crippen LogP contribution is -1.80. The van der Waals surface area contributed by atoms with E-state index < -0.39 is 0 Å². The molecule has 0 atom stereocenters. The zero-order valence-corrected chi connectivity index (χ0v) is 7.52. The van der Waals surface area contributed by atoms with E-state index in [0.717, 1.165) is 16.8 Å². The molecule has 0 aliphatic heterocycles. The largest absolute Gasteiger partial charge is 0.257 e. The Hall–Kier alpha value is -1.11. The van der Waals surface area contributed by atoms with Crippen molar-refractivity contribution in [2.24, 2.45) is 4.99 Å². The van der Waals surface area contributed by atoms with Crippen LogP contribution in [0.25, 0.3) is 0 Å². The summed E-state index contributed by atoms with van der Waals surface area (Å²) in [5.74, 6) is 0. The summed E-state index contributed by atoms with van der Waals surface area (Å²) >= 11 is 0. The Morgan fingerprint density at radius 3 is 2.18 bits per heavy atom. The third-order valence-electron chi connectivity index (χ3n) is 1.37. The van der Waals surface area contributed by atoms with Gasteiger partial charge in [0, 0.05) is 6.21 Å². The summed E-state index contributed by atoms with van der Waals surface area (Å²) in [5, 5.41) is 0. The van der Waals surface area contributed by atoms with Crippen LogP contribution in [-0.4, -0.2) is 6.21 Å². The van der Waals surface area contributed by atoms with Gasteiger partial charge < -0.3 is 0 Å². The molecule has 1 heteroatoms. The second-order valence-electron chi connectivity index (χ2n) is 2.52. The van der Waals surface area contributed by atoms with Gasteiger partial charge in [0.15, 0.2) is 0 Å². The van der Waals surface area contributed by atoms with Gasteiger partial charge in [-0.15, -0.1) is 0 Å². The van der Waals surface area contributed by atoms with E-state index in [1.165, 1.54) is 0 Å². The summed E-state index contributed by atoms with van der Waals surface area (Å²) in [6.07, 6.45) is 3.78. The van der Waals surface area contributed by atoms with Gasteiger partial charge >= 0.3 is 0 Å². The molecule has 0 aliphatic rings. The fourth-order valence-electron chi connectivity index (χ4n) is 0.364. The fourth-order valence-corrected chi connectivity index (χ4v) is 0.364. The molecule has 0 saturated carbocycles. The second-order valence-corrected chi connectivity index (χ2v) is 2.52. The van der Waals surface area contributed by atoms with Crippen LogP contribution in [0.2, 0.25) is 0 Å². The van der Waals surface area contributed by atoms with Crippen molar-refractivity contribution in [3.05, 3.63) is 36.1 Å². The number of nitrogens with zero attached hydrogens (tertiary/aromatic N) is 1. The van der Waals surface area contributed by atoms with Gasteiger partial charge in [-0.25, -0.2) is 0 Å². The molecule has 0 aromatic rings. The maximum atomic E-state index is 4.11. The van der Waals surface area contributed by atoms with Crippen LogP contribution in [0.4, 0.5) is 0 Å². The molecular weight excluding hydrogens is 134 g/mol. The van der Waals surface area contributed by atoms with Gasteiger partial charge in [-0.05, 0) is 31.9 Å². The second kappa shape index (κ2) is 4.67. The number of allylic oxidation sites excluding steroid dienone is 3. The highest BCUT2D eigenvalue weighted by Gasteiger charge is 1.87. The first-order chi connectivity index (χ1) is 5.07. The van der Waals surface area contributed by atoms with Crippen molar-refractivity contribution in [2.45, 2.75) is 20.8 Å². The van der Waals surface area contributed by atoms with Gasteiger partial charge in [0.2, 0.25) is 0 Å². The van der Waals surface area contributed by atoms with Crippen molar-refractivity contribution in [1.29, 1.82) is 0 Å². The molecule has 0 aromatic carbocycles. The third kappa shape index (κ3) is 4.31. The molecule has 0 amide bonds. The van der Waals surface area contributed by atoms with Crippen molar-refractivity contribution in [1.82, 2.24) is 0 Å². The van der Waals surface area contributed by atoms with Crippen LogP contribution < -0.4 is 0 Å². The van der Waals surface area contributed by atoms with E-state index in [2.05, 4.69) is 18.2 Å². The quantitative estimate of drug-likeness (QED) is 0.432. The first kappa shape index (κ1) is 9.89. The summed E-state index contributed by atoms with van der Waals surface area (Å²) in [7, 11) is 0. The monoisotopic (exact) mass is 149 g/mol. The third-order valence-corrected chi connectivity index (χ3v) is 1.37. The zero-order chi connectivity index (χ0) is 8.85. The summed E-state index contributed by atoms with van der Waals surface area (Å²) in [4.78, 5) is 4.11. The van der Waals surface area contributed by atoms with Gasteiger partial charge in [0.05, 0.1) is 5.70 Å². The van der Waals surface area contributed by atoms with E-state index in [1.807, 2.05) is 26.8 Å². The molecule has 0 N–H and O–H groups in total. The minimum Gasteiger partial charge on any atom is -0.257 e. The van der Waals surface area contributed by atoms with Crippen LogP contribution in [0.3, 0.4) is 0 Å². The topological polar surface area (TPSA) is 12.4 Å². The minimum absolute atomic E-state index is 0.742. The Balaban J connectivity index is 4.15. The predicted molar refractivity (Wildman–Crippen MR) is 51.9 cm³/mol. The van der Waals surface area contributed by atoms with E-state index in [9.17, 15) is 0 Å². The van der Waals surface area contributed by atoms with Gasteiger partial charge in [0.25, 0.3) is 0 Å². The van der Waals surface area contributed by atoms with Crippen molar-refractivity contribution < 1.29 is 0 Å².